The summed E-state index contributed by atoms with van der Waals surface area (Å²) in [6.45, 7) is 0. The number of hydrogen-bond acceptors (Lipinski definition) is 1. The Hall–Kier alpha value is -1.97. The summed E-state index contributed by atoms with van der Waals surface area (Å²) in [4.78, 5) is 4.00. The summed E-state index contributed by atoms with van der Waals surface area (Å²) in [5, 5.41) is 0. The number of halogens is 2. The normalized spacial score (nSPS) is 11.3. The molecule has 0 fully saturated rings. The summed E-state index contributed by atoms with van der Waals surface area (Å²) in [6.07, 6.45) is 3.31. The van der Waals surface area contributed by atoms with Crippen molar-refractivity contribution in [2.24, 2.45) is 0 Å². The van der Waals surface area contributed by atoms with Crippen molar-refractivity contribution in [1.29, 1.82) is 0 Å². The SMILES string of the molecule is Fc1cc(F)c2c(c1)ncc1cccn12. The Bertz CT molecular complexity index is 658. The fourth-order valence-corrected chi connectivity index (χ4v) is 1.73. The molecule has 0 N–H and O–H groups in total. The molecule has 0 aliphatic heterocycles. The fraction of sp³-hybridized carbons (Fsp3) is 0. The Balaban J connectivity index is 2.62. The quantitative estimate of drug-likeness (QED) is 0.550. The van der Waals surface area contributed by atoms with Gasteiger partial charge < -0.3 is 4.40 Å². The van der Waals surface area contributed by atoms with Gasteiger partial charge in [0.1, 0.15) is 11.3 Å². The molecule has 74 valence electrons. The summed E-state index contributed by atoms with van der Waals surface area (Å²) < 4.78 is 28.1. The van der Waals surface area contributed by atoms with Gasteiger partial charge >= 0.3 is 0 Å². The van der Waals surface area contributed by atoms with Gasteiger partial charge in [-0.3, -0.25) is 4.98 Å². The van der Waals surface area contributed by atoms with Crippen LogP contribution in [0.1, 0.15) is 0 Å². The van der Waals surface area contributed by atoms with E-state index in [4.69, 9.17) is 0 Å². The van der Waals surface area contributed by atoms with Crippen LogP contribution in [0.3, 0.4) is 0 Å². The van der Waals surface area contributed by atoms with Gasteiger partial charge in [0, 0.05) is 18.3 Å². The number of hydrogen-bond donors (Lipinski definition) is 0. The van der Waals surface area contributed by atoms with Gasteiger partial charge in [-0.05, 0) is 12.1 Å². The highest BCUT2D eigenvalue weighted by Gasteiger charge is 2.08. The van der Waals surface area contributed by atoms with E-state index in [1.54, 1.807) is 22.9 Å². The molecule has 1 aromatic carbocycles. The summed E-state index contributed by atoms with van der Waals surface area (Å²) in [7, 11) is 0. The maximum Gasteiger partial charge on any atom is 0.152 e. The molecule has 2 nitrogen and oxygen atoms in total. The summed E-state index contributed by atoms with van der Waals surface area (Å²) >= 11 is 0. The van der Waals surface area contributed by atoms with Crippen molar-refractivity contribution in [3.8, 4) is 0 Å². The monoisotopic (exact) mass is 204 g/mol. The van der Waals surface area contributed by atoms with Crippen molar-refractivity contribution in [2.75, 3.05) is 0 Å². The largest absolute Gasteiger partial charge is 0.311 e. The van der Waals surface area contributed by atoms with E-state index in [0.717, 1.165) is 11.6 Å². The van der Waals surface area contributed by atoms with E-state index in [0.29, 0.717) is 11.0 Å². The van der Waals surface area contributed by atoms with E-state index < -0.39 is 11.6 Å². The Kier molecular flexibility index (Phi) is 1.54. The van der Waals surface area contributed by atoms with Crippen LogP contribution in [0, 0.1) is 11.6 Å². The minimum absolute atomic E-state index is 0.305. The molecule has 4 heteroatoms. The van der Waals surface area contributed by atoms with Crippen LogP contribution in [0.15, 0.2) is 36.7 Å². The molecule has 0 aliphatic rings. The van der Waals surface area contributed by atoms with Crippen molar-refractivity contribution >= 4 is 16.6 Å². The summed E-state index contributed by atoms with van der Waals surface area (Å²) in [5.41, 5.74) is 1.41. The van der Waals surface area contributed by atoms with Gasteiger partial charge in [-0.2, -0.15) is 0 Å². The molecule has 0 aliphatic carbocycles. The lowest BCUT2D eigenvalue weighted by Crippen LogP contribution is -1.94. The maximum atomic E-state index is 13.6. The van der Waals surface area contributed by atoms with E-state index in [1.165, 1.54) is 6.07 Å². The molecule has 0 bridgehead atoms. The molecular weight excluding hydrogens is 198 g/mol. The van der Waals surface area contributed by atoms with Crippen LogP contribution in [0.4, 0.5) is 8.78 Å². The average Bonchev–Trinajstić information content (AvgIpc) is 2.63. The van der Waals surface area contributed by atoms with Crippen molar-refractivity contribution in [3.63, 3.8) is 0 Å². The predicted octanol–water partition coefficient (Wildman–Crippen LogP) is 2.77. The average molecular weight is 204 g/mol. The van der Waals surface area contributed by atoms with Crippen molar-refractivity contribution in [3.05, 3.63) is 48.3 Å². The van der Waals surface area contributed by atoms with E-state index in [2.05, 4.69) is 4.98 Å². The molecule has 2 heterocycles. The lowest BCUT2D eigenvalue weighted by Gasteiger charge is -2.03. The molecule has 0 spiro atoms. The zero-order valence-corrected chi connectivity index (χ0v) is 7.61. The Morgan fingerprint density at radius 1 is 1.20 bits per heavy atom. The summed E-state index contributed by atoms with van der Waals surface area (Å²) in [5.74, 6) is -1.21. The topological polar surface area (TPSA) is 17.3 Å². The maximum absolute atomic E-state index is 13.6. The van der Waals surface area contributed by atoms with Gasteiger partial charge in [-0.15, -0.1) is 0 Å². The van der Waals surface area contributed by atoms with Crippen molar-refractivity contribution in [2.45, 2.75) is 0 Å². The number of benzene rings is 1. The first-order chi connectivity index (χ1) is 7.25. The third kappa shape index (κ3) is 1.11. The van der Waals surface area contributed by atoms with Crippen LogP contribution >= 0.6 is 0 Å². The van der Waals surface area contributed by atoms with Gasteiger partial charge in [0.2, 0.25) is 0 Å². The molecule has 0 amide bonds. The summed E-state index contributed by atoms with van der Waals surface area (Å²) in [6, 6.07) is 5.69. The highest BCUT2D eigenvalue weighted by molar-refractivity contribution is 5.78. The molecule has 3 rings (SSSR count). The first-order valence-corrected chi connectivity index (χ1v) is 4.46. The minimum Gasteiger partial charge on any atom is -0.311 e. The number of aromatic nitrogens is 2. The molecule has 0 saturated heterocycles. The van der Waals surface area contributed by atoms with Crippen molar-refractivity contribution < 1.29 is 8.78 Å². The molecule has 0 unspecified atom stereocenters. The van der Waals surface area contributed by atoms with E-state index in [-0.39, 0.29) is 0 Å². The Labute approximate surface area is 83.8 Å². The van der Waals surface area contributed by atoms with Gasteiger partial charge in [0.25, 0.3) is 0 Å². The van der Waals surface area contributed by atoms with E-state index >= 15 is 0 Å². The standard InChI is InChI=1S/C11H6F2N2/c12-7-4-9(13)11-10(5-7)14-6-8-2-1-3-15(8)11/h1-6H. The van der Waals surface area contributed by atoms with Crippen LogP contribution in [-0.2, 0) is 0 Å². The first kappa shape index (κ1) is 8.35. The molecule has 0 atom stereocenters. The second kappa shape index (κ2) is 2.76. The lowest BCUT2D eigenvalue weighted by molar-refractivity contribution is 0.589. The van der Waals surface area contributed by atoms with E-state index in [1.807, 2.05) is 6.07 Å². The van der Waals surface area contributed by atoms with Gasteiger partial charge in [0.15, 0.2) is 5.82 Å². The number of fused-ring (bicyclic) bond motifs is 3. The van der Waals surface area contributed by atoms with Crippen LogP contribution in [0.5, 0.6) is 0 Å². The number of rotatable bonds is 0. The first-order valence-electron chi connectivity index (χ1n) is 4.46. The zero-order chi connectivity index (χ0) is 10.4. The minimum atomic E-state index is -0.612. The second-order valence-corrected chi connectivity index (χ2v) is 3.32. The molecule has 3 aromatic rings. The highest BCUT2D eigenvalue weighted by Crippen LogP contribution is 2.19. The second-order valence-electron chi connectivity index (χ2n) is 3.32. The fourth-order valence-electron chi connectivity index (χ4n) is 1.73. The molecular formula is C11H6F2N2. The zero-order valence-electron chi connectivity index (χ0n) is 7.61. The highest BCUT2D eigenvalue weighted by atomic mass is 19.1. The smallest absolute Gasteiger partial charge is 0.152 e. The third-order valence-corrected chi connectivity index (χ3v) is 2.37. The third-order valence-electron chi connectivity index (χ3n) is 2.37. The van der Waals surface area contributed by atoms with Gasteiger partial charge in [-0.1, -0.05) is 0 Å². The van der Waals surface area contributed by atoms with Gasteiger partial charge in [-0.25, -0.2) is 8.78 Å². The van der Waals surface area contributed by atoms with Crippen LogP contribution in [0.2, 0.25) is 0 Å². The van der Waals surface area contributed by atoms with Crippen LogP contribution < -0.4 is 0 Å². The molecule has 15 heavy (non-hydrogen) atoms. The van der Waals surface area contributed by atoms with Gasteiger partial charge in [0.05, 0.1) is 17.2 Å². The molecule has 0 radical (unpaired) electrons. The molecule has 0 saturated carbocycles. The van der Waals surface area contributed by atoms with Crippen molar-refractivity contribution in [1.82, 2.24) is 9.38 Å². The number of nitrogens with zero attached hydrogens (tertiary/aromatic N) is 2. The lowest BCUT2D eigenvalue weighted by atomic mass is 10.2. The van der Waals surface area contributed by atoms with E-state index in [9.17, 15) is 8.78 Å². The Morgan fingerprint density at radius 2 is 2.07 bits per heavy atom. The van der Waals surface area contributed by atoms with Crippen LogP contribution in [-0.4, -0.2) is 9.38 Å². The Morgan fingerprint density at radius 3 is 2.93 bits per heavy atom. The van der Waals surface area contributed by atoms with Crippen LogP contribution in [0.25, 0.3) is 16.6 Å². The predicted molar refractivity (Wildman–Crippen MR) is 52.6 cm³/mol. The molecule has 2 aromatic heterocycles.